The third-order valence-electron chi connectivity index (χ3n) is 10.5. The van der Waals surface area contributed by atoms with Crippen molar-refractivity contribution in [1.82, 2.24) is 0 Å². The standard InChI is InChI=1S/C52H35NO/c1-3-11-36(12-4-1)39-19-21-40(22-20-39)42-27-31-46(32-28-42)53(45-29-25-41(26-30-45)37-13-5-2-6-14-37)49-34-33-47(44-24-23-38-15-7-8-16-43(38)35-44)52-51(49)48-17-9-10-18-50(48)54-52/h1-35H. The minimum Gasteiger partial charge on any atom is -0.455 e. The molecule has 0 atom stereocenters. The number of benzene rings is 9. The van der Waals surface area contributed by atoms with Crippen molar-refractivity contribution >= 4 is 49.8 Å². The fraction of sp³-hybridized carbons (Fsp3) is 0. The number of nitrogens with zero attached hydrogens (tertiary/aromatic N) is 1. The molecule has 0 fully saturated rings. The van der Waals surface area contributed by atoms with Gasteiger partial charge in [0.05, 0.1) is 11.1 Å². The lowest BCUT2D eigenvalue weighted by molar-refractivity contribution is 0.670. The predicted molar refractivity (Wildman–Crippen MR) is 228 cm³/mol. The Bertz CT molecular complexity index is 2890. The Morgan fingerprint density at radius 1 is 0.333 bits per heavy atom. The maximum absolute atomic E-state index is 6.78. The Morgan fingerprint density at radius 2 is 0.796 bits per heavy atom. The van der Waals surface area contributed by atoms with Gasteiger partial charge < -0.3 is 9.32 Å². The van der Waals surface area contributed by atoms with E-state index in [-0.39, 0.29) is 0 Å². The molecule has 10 rings (SSSR count). The Balaban J connectivity index is 1.12. The monoisotopic (exact) mass is 689 g/mol. The minimum absolute atomic E-state index is 0.871. The normalized spacial score (nSPS) is 11.3. The van der Waals surface area contributed by atoms with Gasteiger partial charge in [0.2, 0.25) is 0 Å². The highest BCUT2D eigenvalue weighted by Gasteiger charge is 2.22. The molecule has 0 spiro atoms. The topological polar surface area (TPSA) is 16.4 Å². The largest absolute Gasteiger partial charge is 0.455 e. The fourth-order valence-electron chi connectivity index (χ4n) is 7.73. The van der Waals surface area contributed by atoms with E-state index in [0.717, 1.165) is 50.1 Å². The van der Waals surface area contributed by atoms with E-state index < -0.39 is 0 Å². The summed E-state index contributed by atoms with van der Waals surface area (Å²) in [5, 5.41) is 4.60. The van der Waals surface area contributed by atoms with Crippen molar-refractivity contribution in [2.45, 2.75) is 0 Å². The van der Waals surface area contributed by atoms with E-state index in [9.17, 15) is 0 Å². The van der Waals surface area contributed by atoms with E-state index in [2.05, 4.69) is 211 Å². The molecule has 0 bridgehead atoms. The lowest BCUT2D eigenvalue weighted by atomic mass is 9.97. The molecule has 1 heterocycles. The number of fused-ring (bicyclic) bond motifs is 4. The molecule has 1 aromatic heterocycles. The van der Waals surface area contributed by atoms with Gasteiger partial charge in [-0.25, -0.2) is 0 Å². The molecule has 0 aliphatic rings. The first kappa shape index (κ1) is 31.6. The molecule has 0 amide bonds. The molecular weight excluding hydrogens is 655 g/mol. The summed E-state index contributed by atoms with van der Waals surface area (Å²) < 4.78 is 6.78. The van der Waals surface area contributed by atoms with E-state index in [4.69, 9.17) is 4.42 Å². The lowest BCUT2D eigenvalue weighted by Gasteiger charge is -2.27. The third-order valence-corrected chi connectivity index (χ3v) is 10.5. The average molecular weight is 690 g/mol. The molecule has 0 saturated heterocycles. The van der Waals surface area contributed by atoms with Gasteiger partial charge in [-0.05, 0) is 98.2 Å². The number of para-hydroxylation sites is 1. The van der Waals surface area contributed by atoms with Crippen molar-refractivity contribution < 1.29 is 4.42 Å². The summed E-state index contributed by atoms with van der Waals surface area (Å²) in [6.07, 6.45) is 0. The van der Waals surface area contributed by atoms with Crippen LogP contribution in [0.2, 0.25) is 0 Å². The molecule has 54 heavy (non-hydrogen) atoms. The van der Waals surface area contributed by atoms with Crippen molar-refractivity contribution in [3.63, 3.8) is 0 Å². The first-order valence-corrected chi connectivity index (χ1v) is 18.4. The van der Waals surface area contributed by atoms with Crippen LogP contribution in [-0.2, 0) is 0 Å². The summed E-state index contributed by atoms with van der Waals surface area (Å²) >= 11 is 0. The highest BCUT2D eigenvalue weighted by Crippen LogP contribution is 2.46. The molecule has 2 heteroatoms. The van der Waals surface area contributed by atoms with Gasteiger partial charge in [0.1, 0.15) is 11.2 Å². The molecule has 254 valence electrons. The first-order valence-electron chi connectivity index (χ1n) is 18.4. The maximum Gasteiger partial charge on any atom is 0.145 e. The molecule has 0 radical (unpaired) electrons. The number of hydrogen-bond donors (Lipinski definition) is 0. The van der Waals surface area contributed by atoms with E-state index in [1.54, 1.807) is 0 Å². The quantitative estimate of drug-likeness (QED) is 0.166. The van der Waals surface area contributed by atoms with Crippen molar-refractivity contribution in [3.8, 4) is 44.5 Å². The maximum atomic E-state index is 6.78. The van der Waals surface area contributed by atoms with Crippen LogP contribution in [0, 0.1) is 0 Å². The summed E-state index contributed by atoms with van der Waals surface area (Å²) in [4.78, 5) is 2.37. The zero-order valence-corrected chi connectivity index (χ0v) is 29.6. The Morgan fingerprint density at radius 3 is 1.39 bits per heavy atom. The molecule has 10 aromatic rings. The number of hydrogen-bond acceptors (Lipinski definition) is 2. The van der Waals surface area contributed by atoms with Gasteiger partial charge in [-0.3, -0.25) is 0 Å². The van der Waals surface area contributed by atoms with Crippen LogP contribution < -0.4 is 4.90 Å². The van der Waals surface area contributed by atoms with Crippen molar-refractivity contribution in [2.75, 3.05) is 4.90 Å². The second kappa shape index (κ2) is 13.4. The fourth-order valence-corrected chi connectivity index (χ4v) is 7.73. The molecule has 0 unspecified atom stereocenters. The van der Waals surface area contributed by atoms with Crippen LogP contribution in [0.5, 0.6) is 0 Å². The van der Waals surface area contributed by atoms with Crippen LogP contribution in [-0.4, -0.2) is 0 Å². The molecule has 0 aliphatic heterocycles. The van der Waals surface area contributed by atoms with E-state index in [0.29, 0.717) is 0 Å². The summed E-state index contributed by atoms with van der Waals surface area (Å²) in [6.45, 7) is 0. The Labute approximate surface area is 314 Å². The zero-order valence-electron chi connectivity index (χ0n) is 29.6. The van der Waals surface area contributed by atoms with E-state index in [1.807, 2.05) is 6.07 Å². The summed E-state index contributed by atoms with van der Waals surface area (Å²) in [7, 11) is 0. The summed E-state index contributed by atoms with van der Waals surface area (Å²) in [5.41, 5.74) is 14.3. The van der Waals surface area contributed by atoms with Crippen LogP contribution in [0.25, 0.3) is 77.2 Å². The van der Waals surface area contributed by atoms with Gasteiger partial charge in [-0.2, -0.15) is 0 Å². The zero-order chi connectivity index (χ0) is 35.8. The number of anilines is 3. The van der Waals surface area contributed by atoms with Crippen molar-refractivity contribution in [1.29, 1.82) is 0 Å². The van der Waals surface area contributed by atoms with Gasteiger partial charge in [0.25, 0.3) is 0 Å². The predicted octanol–water partition coefficient (Wildman–Crippen LogP) is 14.9. The number of rotatable bonds is 7. The average Bonchev–Trinajstić information content (AvgIpc) is 3.65. The highest BCUT2D eigenvalue weighted by atomic mass is 16.3. The molecule has 0 aliphatic carbocycles. The van der Waals surface area contributed by atoms with Crippen LogP contribution >= 0.6 is 0 Å². The second-order valence-electron chi connectivity index (χ2n) is 13.7. The van der Waals surface area contributed by atoms with E-state index >= 15 is 0 Å². The Kier molecular flexibility index (Phi) is 7.85. The number of furan rings is 1. The van der Waals surface area contributed by atoms with Crippen molar-refractivity contribution in [2.24, 2.45) is 0 Å². The second-order valence-corrected chi connectivity index (χ2v) is 13.7. The lowest BCUT2D eigenvalue weighted by Crippen LogP contribution is -2.10. The van der Waals surface area contributed by atoms with Crippen LogP contribution in [0.15, 0.2) is 217 Å². The third kappa shape index (κ3) is 5.71. The summed E-state index contributed by atoms with van der Waals surface area (Å²) in [5.74, 6) is 0. The summed E-state index contributed by atoms with van der Waals surface area (Å²) in [6, 6.07) is 75.8. The molecule has 2 nitrogen and oxygen atoms in total. The van der Waals surface area contributed by atoms with Crippen LogP contribution in [0.1, 0.15) is 0 Å². The van der Waals surface area contributed by atoms with Crippen LogP contribution in [0.4, 0.5) is 17.1 Å². The molecular formula is C52H35NO. The van der Waals surface area contributed by atoms with Gasteiger partial charge in [0, 0.05) is 22.3 Å². The van der Waals surface area contributed by atoms with Crippen LogP contribution in [0.3, 0.4) is 0 Å². The molecule has 9 aromatic carbocycles. The molecule has 0 N–H and O–H groups in total. The SMILES string of the molecule is c1ccc(-c2ccc(-c3ccc(N(c4ccc(-c5ccccc5)cc4)c4ccc(-c5ccc6ccccc6c5)c5oc6ccccc6c45)cc3)cc2)cc1. The first-order chi connectivity index (χ1) is 26.8. The van der Waals surface area contributed by atoms with E-state index in [1.165, 1.54) is 44.2 Å². The minimum atomic E-state index is 0.871. The highest BCUT2D eigenvalue weighted by molar-refractivity contribution is 6.17. The van der Waals surface area contributed by atoms with Crippen molar-refractivity contribution in [3.05, 3.63) is 212 Å². The van der Waals surface area contributed by atoms with Gasteiger partial charge in [0.15, 0.2) is 0 Å². The Hall–Kier alpha value is -7.16. The molecule has 0 saturated carbocycles. The smallest absolute Gasteiger partial charge is 0.145 e. The van der Waals surface area contributed by atoms with Gasteiger partial charge in [-0.15, -0.1) is 0 Å². The van der Waals surface area contributed by atoms with Gasteiger partial charge in [-0.1, -0.05) is 164 Å². The van der Waals surface area contributed by atoms with Gasteiger partial charge >= 0.3 is 0 Å².